The quantitative estimate of drug-likeness (QED) is 0.614. The molecule has 0 spiro atoms. The van der Waals surface area contributed by atoms with E-state index in [9.17, 15) is 10.1 Å². The van der Waals surface area contributed by atoms with Crippen molar-refractivity contribution in [3.05, 3.63) is 91.6 Å². The fourth-order valence-corrected chi connectivity index (χ4v) is 4.67. The average Bonchev–Trinajstić information content (AvgIpc) is 2.67. The van der Waals surface area contributed by atoms with Crippen LogP contribution in [-0.4, -0.2) is 5.78 Å². The molecule has 0 aromatic heterocycles. The second-order valence-electron chi connectivity index (χ2n) is 6.44. The van der Waals surface area contributed by atoms with Crippen molar-refractivity contribution in [3.63, 3.8) is 0 Å². The van der Waals surface area contributed by atoms with Crippen LogP contribution < -0.4 is 5.32 Å². The summed E-state index contributed by atoms with van der Waals surface area (Å²) in [7, 11) is 0. The molecule has 2 aromatic rings. The van der Waals surface area contributed by atoms with Gasteiger partial charge in [0.25, 0.3) is 0 Å². The zero-order chi connectivity index (χ0) is 20.3. The highest BCUT2D eigenvalue weighted by molar-refractivity contribution is 8.02. The molecule has 0 amide bonds. The number of thioether (sulfide) groups is 1. The van der Waals surface area contributed by atoms with E-state index in [4.69, 9.17) is 23.2 Å². The van der Waals surface area contributed by atoms with Gasteiger partial charge in [-0.1, -0.05) is 53.5 Å². The Hall–Kier alpha value is -2.19. The molecule has 2 aromatic carbocycles. The minimum absolute atomic E-state index is 0.0792. The van der Waals surface area contributed by atoms with E-state index in [2.05, 4.69) is 11.4 Å². The first-order valence-corrected chi connectivity index (χ1v) is 10.4. The van der Waals surface area contributed by atoms with Gasteiger partial charge in [0.1, 0.15) is 0 Å². The molecule has 6 heteroatoms. The van der Waals surface area contributed by atoms with Gasteiger partial charge in [0.2, 0.25) is 0 Å². The Kier molecular flexibility index (Phi) is 6.51. The second-order valence-corrected chi connectivity index (χ2v) is 8.27. The van der Waals surface area contributed by atoms with Crippen LogP contribution in [0.5, 0.6) is 0 Å². The highest BCUT2D eigenvalue weighted by Crippen LogP contribution is 2.43. The molecular weight excluding hydrogens is 411 g/mol. The lowest BCUT2D eigenvalue weighted by Gasteiger charge is -2.29. The van der Waals surface area contributed by atoms with Crippen LogP contribution in [0.4, 0.5) is 0 Å². The number of rotatable bonds is 5. The largest absolute Gasteiger partial charge is 0.353 e. The molecule has 1 unspecified atom stereocenters. The molecule has 0 bridgehead atoms. The molecular formula is C22H18Cl2N2OS. The van der Waals surface area contributed by atoms with Gasteiger partial charge in [-0.3, -0.25) is 4.79 Å². The van der Waals surface area contributed by atoms with Gasteiger partial charge < -0.3 is 5.32 Å². The fraction of sp³-hybridized carbons (Fsp3) is 0.182. The van der Waals surface area contributed by atoms with Gasteiger partial charge in [-0.25, -0.2) is 0 Å². The Morgan fingerprint density at radius 1 is 1.18 bits per heavy atom. The van der Waals surface area contributed by atoms with Crippen LogP contribution in [0, 0.1) is 11.3 Å². The second kappa shape index (κ2) is 8.87. The van der Waals surface area contributed by atoms with Crippen LogP contribution >= 0.6 is 35.0 Å². The van der Waals surface area contributed by atoms with E-state index in [1.54, 1.807) is 6.07 Å². The summed E-state index contributed by atoms with van der Waals surface area (Å²) in [4.78, 5) is 12.4. The van der Waals surface area contributed by atoms with Gasteiger partial charge in [-0.05, 0) is 43.2 Å². The van der Waals surface area contributed by atoms with Crippen LogP contribution in [0.25, 0.3) is 0 Å². The number of Topliss-reactive ketones (excluding diaryl/α,β-unsaturated/α-hetero) is 1. The minimum atomic E-state index is -0.481. The number of carbonyl (C=O) groups excluding carboxylic acids is 1. The van der Waals surface area contributed by atoms with Crippen molar-refractivity contribution in [3.8, 4) is 6.07 Å². The minimum Gasteiger partial charge on any atom is -0.353 e. The summed E-state index contributed by atoms with van der Waals surface area (Å²) >= 11 is 13.9. The lowest BCUT2D eigenvalue weighted by molar-refractivity contribution is -0.113. The van der Waals surface area contributed by atoms with Crippen LogP contribution in [0.2, 0.25) is 10.0 Å². The van der Waals surface area contributed by atoms with Crippen molar-refractivity contribution >= 4 is 40.7 Å². The summed E-state index contributed by atoms with van der Waals surface area (Å²) in [5.74, 6) is 0.109. The van der Waals surface area contributed by atoms with Gasteiger partial charge in [0.05, 0.1) is 22.6 Å². The summed E-state index contributed by atoms with van der Waals surface area (Å²) in [6.07, 6.45) is 0. The van der Waals surface area contributed by atoms with Crippen LogP contribution in [0.1, 0.15) is 30.9 Å². The summed E-state index contributed by atoms with van der Waals surface area (Å²) in [6.45, 7) is 3.38. The smallest absolute Gasteiger partial charge is 0.158 e. The number of nitriles is 1. The fourth-order valence-electron chi connectivity index (χ4n) is 3.25. The lowest BCUT2D eigenvalue weighted by atomic mass is 9.81. The third kappa shape index (κ3) is 4.28. The average molecular weight is 429 g/mol. The third-order valence-electron chi connectivity index (χ3n) is 4.54. The normalized spacial score (nSPS) is 16.6. The van der Waals surface area contributed by atoms with Crippen molar-refractivity contribution in [2.24, 2.45) is 0 Å². The standard InChI is InChI=1S/C22H18Cl2N2OS/c1-13-20(14(2)27)21(17-5-3-4-6-19(17)24)18(11-25)22(26-13)28-12-15-7-9-16(23)10-8-15/h3-10,21,26H,12H2,1-2H3. The van der Waals surface area contributed by atoms with E-state index < -0.39 is 5.92 Å². The topological polar surface area (TPSA) is 52.9 Å². The summed E-state index contributed by atoms with van der Waals surface area (Å²) in [5.41, 5.74) is 3.67. The van der Waals surface area contributed by atoms with E-state index in [-0.39, 0.29) is 5.78 Å². The van der Waals surface area contributed by atoms with Crippen molar-refractivity contribution in [1.82, 2.24) is 5.32 Å². The van der Waals surface area contributed by atoms with Crippen LogP contribution in [0.3, 0.4) is 0 Å². The predicted octanol–water partition coefficient (Wildman–Crippen LogP) is 6.21. The highest BCUT2D eigenvalue weighted by Gasteiger charge is 2.34. The highest BCUT2D eigenvalue weighted by atomic mass is 35.5. The molecule has 3 nitrogen and oxygen atoms in total. The lowest BCUT2D eigenvalue weighted by Crippen LogP contribution is -2.27. The Balaban J connectivity index is 2.02. The molecule has 1 heterocycles. The number of halogens is 2. The summed E-state index contributed by atoms with van der Waals surface area (Å²) in [5, 5.41) is 15.2. The first-order valence-electron chi connectivity index (χ1n) is 8.67. The van der Waals surface area contributed by atoms with Gasteiger partial charge >= 0.3 is 0 Å². The number of ketones is 1. The van der Waals surface area contributed by atoms with Crippen molar-refractivity contribution in [2.45, 2.75) is 25.5 Å². The molecule has 1 aliphatic heterocycles. The molecule has 1 N–H and O–H groups in total. The number of hydrogen-bond donors (Lipinski definition) is 1. The number of allylic oxidation sites excluding steroid dienone is 3. The van der Waals surface area contributed by atoms with E-state index in [1.165, 1.54) is 18.7 Å². The van der Waals surface area contributed by atoms with Crippen molar-refractivity contribution in [1.29, 1.82) is 5.26 Å². The number of dihydropyridines is 1. The Morgan fingerprint density at radius 2 is 1.86 bits per heavy atom. The molecule has 28 heavy (non-hydrogen) atoms. The number of nitrogens with zero attached hydrogens (tertiary/aromatic N) is 1. The number of carbonyl (C=O) groups is 1. The number of benzene rings is 2. The van der Waals surface area contributed by atoms with Crippen LogP contribution in [-0.2, 0) is 10.5 Å². The van der Waals surface area contributed by atoms with Crippen molar-refractivity contribution < 1.29 is 4.79 Å². The van der Waals surface area contributed by atoms with E-state index in [1.807, 2.05) is 49.4 Å². The molecule has 0 aliphatic carbocycles. The summed E-state index contributed by atoms with van der Waals surface area (Å²) in [6, 6.07) is 17.3. The zero-order valence-electron chi connectivity index (χ0n) is 15.4. The van der Waals surface area contributed by atoms with Gasteiger partial charge in [-0.15, -0.1) is 11.8 Å². The first-order chi connectivity index (χ1) is 13.4. The third-order valence-corrected chi connectivity index (χ3v) is 6.22. The first kappa shape index (κ1) is 20.5. The molecule has 1 atom stereocenters. The maximum atomic E-state index is 12.4. The number of hydrogen-bond acceptors (Lipinski definition) is 4. The molecule has 0 fully saturated rings. The maximum absolute atomic E-state index is 12.4. The zero-order valence-corrected chi connectivity index (χ0v) is 17.8. The Labute approximate surface area is 179 Å². The van der Waals surface area contributed by atoms with E-state index in [0.29, 0.717) is 26.9 Å². The SMILES string of the molecule is CC(=O)C1=C(C)NC(SCc2ccc(Cl)cc2)=C(C#N)C1c1ccccc1Cl. The van der Waals surface area contributed by atoms with Gasteiger partial charge in [-0.2, -0.15) is 5.26 Å². The number of nitrogens with one attached hydrogen (secondary N) is 1. The van der Waals surface area contributed by atoms with Crippen molar-refractivity contribution in [2.75, 3.05) is 0 Å². The Bertz CT molecular complexity index is 1020. The van der Waals surface area contributed by atoms with Gasteiger partial charge in [0, 0.05) is 27.1 Å². The van der Waals surface area contributed by atoms with E-state index in [0.717, 1.165) is 21.9 Å². The Morgan fingerprint density at radius 3 is 2.46 bits per heavy atom. The molecule has 142 valence electrons. The molecule has 0 saturated carbocycles. The van der Waals surface area contributed by atoms with E-state index >= 15 is 0 Å². The molecule has 0 saturated heterocycles. The predicted molar refractivity (Wildman–Crippen MR) is 116 cm³/mol. The molecule has 1 aliphatic rings. The van der Waals surface area contributed by atoms with Crippen LogP contribution in [0.15, 0.2) is 70.4 Å². The molecule has 3 rings (SSSR count). The monoisotopic (exact) mass is 428 g/mol. The maximum Gasteiger partial charge on any atom is 0.158 e. The summed E-state index contributed by atoms with van der Waals surface area (Å²) < 4.78 is 0. The molecule has 0 radical (unpaired) electrons. The van der Waals surface area contributed by atoms with Gasteiger partial charge in [0.15, 0.2) is 5.78 Å².